The van der Waals surface area contributed by atoms with Gasteiger partial charge in [-0.15, -0.1) is 11.3 Å². The maximum absolute atomic E-state index is 12.7. The Labute approximate surface area is 96.6 Å². The van der Waals surface area contributed by atoms with Crippen molar-refractivity contribution < 1.29 is 9.50 Å². The highest BCUT2D eigenvalue weighted by Crippen LogP contribution is 2.24. The molecule has 0 saturated carbocycles. The molecule has 1 atom stereocenters. The Morgan fingerprint density at radius 3 is 2.81 bits per heavy atom. The van der Waals surface area contributed by atoms with Gasteiger partial charge in [-0.2, -0.15) is 0 Å². The smallest absolute Gasteiger partial charge is 0.141 e. The number of pyridine rings is 1. The van der Waals surface area contributed by atoms with E-state index >= 15 is 0 Å². The molecule has 0 aliphatic carbocycles. The average molecular weight is 238 g/mol. The molecule has 0 bridgehead atoms. The molecule has 3 nitrogen and oxygen atoms in total. The SMILES string of the molecule is CC(O)(Cc1nccs1)c1ccc(F)cn1. The monoisotopic (exact) mass is 238 g/mol. The number of hydrogen-bond donors (Lipinski definition) is 1. The van der Waals surface area contributed by atoms with Gasteiger partial charge in [0, 0.05) is 18.0 Å². The molecule has 0 aliphatic rings. The Morgan fingerprint density at radius 1 is 1.44 bits per heavy atom. The molecule has 2 aromatic rings. The molecule has 0 fully saturated rings. The van der Waals surface area contributed by atoms with Gasteiger partial charge in [-0.1, -0.05) is 0 Å². The Kier molecular flexibility index (Phi) is 2.98. The first-order valence-corrected chi connectivity index (χ1v) is 5.69. The molecule has 2 heterocycles. The maximum Gasteiger partial charge on any atom is 0.141 e. The third-order valence-electron chi connectivity index (χ3n) is 2.26. The van der Waals surface area contributed by atoms with E-state index in [9.17, 15) is 9.50 Å². The van der Waals surface area contributed by atoms with Crippen LogP contribution < -0.4 is 0 Å². The van der Waals surface area contributed by atoms with E-state index in [1.54, 1.807) is 13.1 Å². The van der Waals surface area contributed by atoms with Crippen LogP contribution in [-0.2, 0) is 12.0 Å². The third kappa shape index (κ3) is 2.43. The zero-order valence-corrected chi connectivity index (χ0v) is 9.54. The van der Waals surface area contributed by atoms with Gasteiger partial charge >= 0.3 is 0 Å². The van der Waals surface area contributed by atoms with Crippen molar-refractivity contribution in [2.75, 3.05) is 0 Å². The molecule has 0 aromatic carbocycles. The van der Waals surface area contributed by atoms with Crippen molar-refractivity contribution in [1.29, 1.82) is 0 Å². The first-order chi connectivity index (χ1) is 7.58. The van der Waals surface area contributed by atoms with Crippen molar-refractivity contribution in [3.05, 3.63) is 46.4 Å². The quantitative estimate of drug-likeness (QED) is 0.891. The van der Waals surface area contributed by atoms with Crippen molar-refractivity contribution in [2.45, 2.75) is 18.9 Å². The second kappa shape index (κ2) is 4.27. The molecule has 2 aromatic heterocycles. The van der Waals surface area contributed by atoms with Crippen LogP contribution in [0.3, 0.4) is 0 Å². The lowest BCUT2D eigenvalue weighted by molar-refractivity contribution is 0.0528. The molecule has 16 heavy (non-hydrogen) atoms. The topological polar surface area (TPSA) is 46.0 Å². The molecule has 84 valence electrons. The highest BCUT2D eigenvalue weighted by Gasteiger charge is 2.26. The lowest BCUT2D eigenvalue weighted by atomic mass is 9.98. The van der Waals surface area contributed by atoms with Gasteiger partial charge in [0.2, 0.25) is 0 Å². The minimum atomic E-state index is -1.12. The third-order valence-corrected chi connectivity index (χ3v) is 3.04. The molecular weight excluding hydrogens is 227 g/mol. The van der Waals surface area contributed by atoms with Crippen LogP contribution in [0.25, 0.3) is 0 Å². The zero-order valence-electron chi connectivity index (χ0n) is 8.72. The van der Waals surface area contributed by atoms with E-state index in [4.69, 9.17) is 0 Å². The van der Waals surface area contributed by atoms with Gasteiger partial charge in [0.15, 0.2) is 0 Å². The Bertz CT molecular complexity index is 453. The summed E-state index contributed by atoms with van der Waals surface area (Å²) in [6, 6.07) is 2.78. The van der Waals surface area contributed by atoms with Crippen molar-refractivity contribution >= 4 is 11.3 Å². The number of thiazole rings is 1. The van der Waals surface area contributed by atoms with Crippen LogP contribution in [0.1, 0.15) is 17.6 Å². The van der Waals surface area contributed by atoms with E-state index in [1.807, 2.05) is 5.38 Å². The van der Waals surface area contributed by atoms with Crippen LogP contribution in [0.5, 0.6) is 0 Å². The fourth-order valence-corrected chi connectivity index (χ4v) is 2.18. The lowest BCUT2D eigenvalue weighted by Crippen LogP contribution is -2.25. The summed E-state index contributed by atoms with van der Waals surface area (Å²) in [4.78, 5) is 7.98. The van der Waals surface area contributed by atoms with Crippen LogP contribution in [0.4, 0.5) is 4.39 Å². The first kappa shape index (κ1) is 11.2. The van der Waals surface area contributed by atoms with Crippen LogP contribution in [0.15, 0.2) is 29.9 Å². The van der Waals surface area contributed by atoms with Crippen molar-refractivity contribution in [2.24, 2.45) is 0 Å². The molecule has 0 spiro atoms. The van der Waals surface area contributed by atoms with Gasteiger partial charge in [0.1, 0.15) is 11.4 Å². The lowest BCUT2D eigenvalue weighted by Gasteiger charge is -2.21. The summed E-state index contributed by atoms with van der Waals surface area (Å²) in [6.07, 6.45) is 3.17. The normalized spacial score (nSPS) is 14.7. The van der Waals surface area contributed by atoms with Gasteiger partial charge < -0.3 is 5.11 Å². The summed E-state index contributed by atoms with van der Waals surface area (Å²) in [5.74, 6) is -0.409. The zero-order chi connectivity index (χ0) is 11.6. The first-order valence-electron chi connectivity index (χ1n) is 4.81. The average Bonchev–Trinajstić information content (AvgIpc) is 2.70. The highest BCUT2D eigenvalue weighted by molar-refractivity contribution is 7.09. The van der Waals surface area contributed by atoms with E-state index in [-0.39, 0.29) is 0 Å². The summed E-state index contributed by atoms with van der Waals surface area (Å²) in [5.41, 5.74) is -0.671. The fourth-order valence-electron chi connectivity index (χ4n) is 1.42. The minimum Gasteiger partial charge on any atom is -0.383 e. The van der Waals surface area contributed by atoms with E-state index < -0.39 is 11.4 Å². The van der Waals surface area contributed by atoms with E-state index in [1.165, 1.54) is 23.5 Å². The van der Waals surface area contributed by atoms with E-state index in [2.05, 4.69) is 9.97 Å². The molecule has 0 amide bonds. The molecule has 0 saturated heterocycles. The van der Waals surface area contributed by atoms with Crippen LogP contribution in [0, 0.1) is 5.82 Å². The number of aliphatic hydroxyl groups is 1. The molecule has 1 unspecified atom stereocenters. The van der Waals surface area contributed by atoms with Crippen molar-refractivity contribution in [1.82, 2.24) is 9.97 Å². The van der Waals surface area contributed by atoms with E-state index in [0.29, 0.717) is 12.1 Å². The standard InChI is InChI=1S/C11H11FN2OS/c1-11(15,6-10-13-4-5-16-10)9-3-2-8(12)7-14-9/h2-5,7,15H,6H2,1H3. The highest BCUT2D eigenvalue weighted by atomic mass is 32.1. The van der Waals surface area contributed by atoms with Crippen molar-refractivity contribution in [3.8, 4) is 0 Å². The number of rotatable bonds is 3. The number of aromatic nitrogens is 2. The van der Waals surface area contributed by atoms with Crippen LogP contribution in [-0.4, -0.2) is 15.1 Å². The second-order valence-corrected chi connectivity index (χ2v) is 4.72. The number of halogens is 1. The van der Waals surface area contributed by atoms with Gasteiger partial charge in [-0.25, -0.2) is 9.37 Å². The number of hydrogen-bond acceptors (Lipinski definition) is 4. The molecule has 5 heteroatoms. The molecule has 0 radical (unpaired) electrons. The molecular formula is C11H11FN2OS. The van der Waals surface area contributed by atoms with Gasteiger partial charge in [-0.3, -0.25) is 4.98 Å². The van der Waals surface area contributed by atoms with Gasteiger partial charge in [-0.05, 0) is 19.1 Å². The molecule has 1 N–H and O–H groups in total. The maximum atomic E-state index is 12.7. The predicted octanol–water partition coefficient (Wildman–Crippen LogP) is 2.13. The van der Waals surface area contributed by atoms with E-state index in [0.717, 1.165) is 11.2 Å². The predicted molar refractivity (Wildman–Crippen MR) is 59.6 cm³/mol. The number of nitrogens with zero attached hydrogens (tertiary/aromatic N) is 2. The molecule has 2 rings (SSSR count). The summed E-state index contributed by atoms with van der Waals surface area (Å²) < 4.78 is 12.7. The van der Waals surface area contributed by atoms with Gasteiger partial charge in [0.05, 0.1) is 16.9 Å². The Balaban J connectivity index is 2.21. The molecule has 0 aliphatic heterocycles. The fraction of sp³-hybridized carbons (Fsp3) is 0.273. The summed E-state index contributed by atoms with van der Waals surface area (Å²) >= 11 is 1.47. The van der Waals surface area contributed by atoms with Crippen LogP contribution in [0.2, 0.25) is 0 Å². The van der Waals surface area contributed by atoms with Crippen molar-refractivity contribution in [3.63, 3.8) is 0 Å². The minimum absolute atomic E-state index is 0.378. The van der Waals surface area contributed by atoms with Crippen LogP contribution >= 0.6 is 11.3 Å². The summed E-state index contributed by atoms with van der Waals surface area (Å²) in [5, 5.41) is 12.9. The Hall–Kier alpha value is -1.33. The summed E-state index contributed by atoms with van der Waals surface area (Å²) in [6.45, 7) is 1.65. The van der Waals surface area contributed by atoms with Gasteiger partial charge in [0.25, 0.3) is 0 Å². The Morgan fingerprint density at radius 2 is 2.25 bits per heavy atom. The second-order valence-electron chi connectivity index (χ2n) is 3.74. The summed E-state index contributed by atoms with van der Waals surface area (Å²) in [7, 11) is 0. The largest absolute Gasteiger partial charge is 0.383 e.